The van der Waals surface area contributed by atoms with Gasteiger partial charge < -0.3 is 20.5 Å². The van der Waals surface area contributed by atoms with Gasteiger partial charge in [0.25, 0.3) is 0 Å². The molecular formula is C18H25ClF2N2O3. The highest BCUT2D eigenvalue weighted by molar-refractivity contribution is 5.85. The van der Waals surface area contributed by atoms with Crippen molar-refractivity contribution >= 4 is 18.3 Å². The van der Waals surface area contributed by atoms with Crippen molar-refractivity contribution in [3.63, 3.8) is 0 Å². The lowest BCUT2D eigenvalue weighted by Gasteiger charge is -2.28. The van der Waals surface area contributed by atoms with Gasteiger partial charge in [0, 0.05) is 31.1 Å². The molecule has 0 aliphatic carbocycles. The lowest BCUT2D eigenvalue weighted by Crippen LogP contribution is -2.41. The predicted molar refractivity (Wildman–Crippen MR) is 95.4 cm³/mol. The maximum atomic E-state index is 13.1. The number of halogens is 3. The van der Waals surface area contributed by atoms with E-state index in [0.29, 0.717) is 24.4 Å². The Labute approximate surface area is 157 Å². The summed E-state index contributed by atoms with van der Waals surface area (Å²) in [4.78, 5) is 12.0. The van der Waals surface area contributed by atoms with Gasteiger partial charge in [0.05, 0.1) is 0 Å². The van der Waals surface area contributed by atoms with Gasteiger partial charge in [0.1, 0.15) is 18.5 Å². The van der Waals surface area contributed by atoms with E-state index in [-0.39, 0.29) is 37.2 Å². The number of amides is 1. The first-order valence-corrected chi connectivity index (χ1v) is 8.78. The zero-order valence-corrected chi connectivity index (χ0v) is 15.2. The highest BCUT2D eigenvalue weighted by Crippen LogP contribution is 2.32. The van der Waals surface area contributed by atoms with Crippen molar-refractivity contribution in [2.45, 2.75) is 50.3 Å². The molecule has 3 rings (SSSR count). The molecule has 0 radical (unpaired) electrons. The number of aliphatic hydroxyl groups excluding tert-OH is 1. The molecule has 0 aromatic heterocycles. The van der Waals surface area contributed by atoms with Gasteiger partial charge >= 0.3 is 0 Å². The van der Waals surface area contributed by atoms with Gasteiger partial charge in [-0.25, -0.2) is 8.78 Å². The second-order valence-electron chi connectivity index (χ2n) is 7.02. The summed E-state index contributed by atoms with van der Waals surface area (Å²) in [6, 6.07) is 4.27. The summed E-state index contributed by atoms with van der Waals surface area (Å²) < 4.78 is 31.1. The maximum absolute atomic E-state index is 13.1. The van der Waals surface area contributed by atoms with Crippen LogP contribution >= 0.6 is 12.4 Å². The molecule has 3 unspecified atom stereocenters. The van der Waals surface area contributed by atoms with Gasteiger partial charge in [0.15, 0.2) is 11.6 Å². The lowest BCUT2D eigenvalue weighted by molar-refractivity contribution is -0.122. The largest absolute Gasteiger partial charge is 0.491 e. The minimum absolute atomic E-state index is 0. The molecule has 3 N–H and O–H groups in total. The zero-order valence-electron chi connectivity index (χ0n) is 14.4. The molecular weight excluding hydrogens is 366 g/mol. The molecule has 0 spiro atoms. The van der Waals surface area contributed by atoms with Crippen LogP contribution in [0.4, 0.5) is 8.78 Å². The molecule has 2 heterocycles. The summed E-state index contributed by atoms with van der Waals surface area (Å²) in [5, 5.41) is 16.1. The van der Waals surface area contributed by atoms with Crippen LogP contribution in [-0.4, -0.2) is 42.4 Å². The highest BCUT2D eigenvalue weighted by atomic mass is 35.5. The minimum atomic E-state index is -1.00. The number of rotatable bonds is 7. The molecule has 146 valence electrons. The van der Waals surface area contributed by atoms with Gasteiger partial charge in [-0.1, -0.05) is 0 Å². The Morgan fingerprint density at radius 2 is 1.96 bits per heavy atom. The van der Waals surface area contributed by atoms with Gasteiger partial charge in [-0.05, 0) is 43.7 Å². The van der Waals surface area contributed by atoms with E-state index in [1.165, 1.54) is 18.9 Å². The number of fused-ring (bicyclic) bond motifs is 2. The Balaban J connectivity index is 0.00000243. The van der Waals surface area contributed by atoms with Gasteiger partial charge in [-0.2, -0.15) is 0 Å². The number of aliphatic hydroxyl groups is 1. The summed E-state index contributed by atoms with van der Waals surface area (Å²) >= 11 is 0. The third-order valence-corrected chi connectivity index (χ3v) is 4.91. The first kappa shape index (κ1) is 20.9. The van der Waals surface area contributed by atoms with Crippen LogP contribution in [0.15, 0.2) is 18.2 Å². The van der Waals surface area contributed by atoms with E-state index in [2.05, 4.69) is 10.6 Å². The molecule has 1 aromatic rings. The van der Waals surface area contributed by atoms with Crippen LogP contribution in [0.1, 0.15) is 32.1 Å². The Morgan fingerprint density at radius 3 is 2.62 bits per heavy atom. The number of hydrogen-bond acceptors (Lipinski definition) is 4. The lowest BCUT2D eigenvalue weighted by atomic mass is 9.89. The number of ether oxygens (including phenoxy) is 1. The van der Waals surface area contributed by atoms with Crippen molar-refractivity contribution in [1.29, 1.82) is 0 Å². The topological polar surface area (TPSA) is 70.6 Å². The summed E-state index contributed by atoms with van der Waals surface area (Å²) in [5.41, 5.74) is 0. The standard InChI is InChI=1S/C18H24F2N2O3.ClH/c19-16-4-3-15(8-17(16)20)25-10-14(23)9-21-18(24)7-11-5-12-1-2-13(6-11)22-12;/h3-4,8,11-14,22-23H,1-2,5-7,9-10H2,(H,21,24);1H. The van der Waals surface area contributed by atoms with Crippen molar-refractivity contribution in [3.8, 4) is 5.75 Å². The molecule has 5 nitrogen and oxygen atoms in total. The number of benzene rings is 1. The fourth-order valence-electron chi connectivity index (χ4n) is 3.73. The first-order chi connectivity index (χ1) is 12.0. The van der Waals surface area contributed by atoms with Crippen LogP contribution in [-0.2, 0) is 4.79 Å². The predicted octanol–water partition coefficient (Wildman–Crippen LogP) is 2.16. The van der Waals surface area contributed by atoms with E-state index in [1.807, 2.05) is 0 Å². The maximum Gasteiger partial charge on any atom is 0.220 e. The Bertz CT molecular complexity index is 608. The summed E-state index contributed by atoms with van der Waals surface area (Å²) in [6.45, 7) is -0.0385. The third-order valence-electron chi connectivity index (χ3n) is 4.91. The number of carbonyl (C=O) groups is 1. The van der Waals surface area contributed by atoms with Crippen molar-refractivity contribution in [1.82, 2.24) is 10.6 Å². The normalized spacial score (nSPS) is 25.3. The van der Waals surface area contributed by atoms with E-state index in [0.717, 1.165) is 25.0 Å². The summed E-state index contributed by atoms with van der Waals surface area (Å²) in [7, 11) is 0. The fraction of sp³-hybridized carbons (Fsp3) is 0.611. The van der Waals surface area contributed by atoms with Crippen LogP contribution in [0.3, 0.4) is 0 Å². The number of nitrogens with one attached hydrogen (secondary N) is 2. The molecule has 1 aromatic carbocycles. The quantitative estimate of drug-likeness (QED) is 0.667. The van der Waals surface area contributed by atoms with Crippen molar-refractivity contribution in [3.05, 3.63) is 29.8 Å². The molecule has 2 aliphatic rings. The molecule has 8 heteroatoms. The molecule has 2 aliphatic heterocycles. The van der Waals surface area contributed by atoms with Crippen LogP contribution < -0.4 is 15.4 Å². The van der Waals surface area contributed by atoms with Crippen LogP contribution in [0.25, 0.3) is 0 Å². The van der Waals surface area contributed by atoms with Gasteiger partial charge in [-0.15, -0.1) is 12.4 Å². The molecule has 1 amide bonds. The molecule has 3 atom stereocenters. The van der Waals surface area contributed by atoms with Crippen molar-refractivity contribution < 1.29 is 23.4 Å². The second kappa shape index (κ2) is 9.48. The molecule has 2 bridgehead atoms. The Kier molecular flexibility index (Phi) is 7.61. The average Bonchev–Trinajstić information content (AvgIpc) is 2.92. The van der Waals surface area contributed by atoms with Crippen molar-refractivity contribution in [2.75, 3.05) is 13.2 Å². The Morgan fingerprint density at radius 1 is 1.27 bits per heavy atom. The average molecular weight is 391 g/mol. The molecule has 2 fully saturated rings. The van der Waals surface area contributed by atoms with E-state index >= 15 is 0 Å². The summed E-state index contributed by atoms with van der Waals surface area (Å²) in [6.07, 6.45) is 4.02. The minimum Gasteiger partial charge on any atom is -0.491 e. The van der Waals surface area contributed by atoms with Crippen molar-refractivity contribution in [2.24, 2.45) is 5.92 Å². The van der Waals surface area contributed by atoms with Crippen LogP contribution in [0.5, 0.6) is 5.75 Å². The third kappa shape index (κ3) is 5.79. The number of hydrogen-bond donors (Lipinski definition) is 3. The number of carbonyl (C=O) groups excluding carboxylic acids is 1. The molecule has 0 saturated carbocycles. The fourth-order valence-corrected chi connectivity index (χ4v) is 3.73. The van der Waals surface area contributed by atoms with Gasteiger partial charge in [-0.3, -0.25) is 4.79 Å². The van der Waals surface area contributed by atoms with E-state index < -0.39 is 17.7 Å². The number of piperidine rings is 1. The Hall–Kier alpha value is -1.44. The second-order valence-corrected chi connectivity index (χ2v) is 7.02. The first-order valence-electron chi connectivity index (χ1n) is 8.78. The van der Waals surface area contributed by atoms with E-state index in [1.54, 1.807) is 0 Å². The SMILES string of the molecule is Cl.O=C(CC1CC2CCC(C1)N2)NCC(O)COc1ccc(F)c(F)c1. The molecule has 26 heavy (non-hydrogen) atoms. The smallest absolute Gasteiger partial charge is 0.220 e. The van der Waals surface area contributed by atoms with E-state index in [9.17, 15) is 18.7 Å². The summed E-state index contributed by atoms with van der Waals surface area (Å²) in [5.74, 6) is -1.50. The van der Waals surface area contributed by atoms with Crippen LogP contribution in [0.2, 0.25) is 0 Å². The zero-order chi connectivity index (χ0) is 17.8. The molecule has 2 saturated heterocycles. The highest BCUT2D eigenvalue weighted by Gasteiger charge is 2.34. The van der Waals surface area contributed by atoms with Crippen LogP contribution in [0, 0.1) is 17.6 Å². The monoisotopic (exact) mass is 390 g/mol. The van der Waals surface area contributed by atoms with Gasteiger partial charge in [0.2, 0.25) is 5.91 Å². The van der Waals surface area contributed by atoms with E-state index in [4.69, 9.17) is 4.74 Å².